The van der Waals surface area contributed by atoms with Gasteiger partial charge in [-0.1, -0.05) is 6.07 Å². The summed E-state index contributed by atoms with van der Waals surface area (Å²) in [6.07, 6.45) is 1.81. The molecule has 0 aliphatic carbocycles. The summed E-state index contributed by atoms with van der Waals surface area (Å²) in [4.78, 5) is 10.7. The molecule has 32 heavy (non-hydrogen) atoms. The van der Waals surface area contributed by atoms with Gasteiger partial charge in [0.05, 0.1) is 2.88 Å². The highest BCUT2D eigenvalue weighted by Gasteiger charge is 2.18. The SMILES string of the molecule is NCCc1cc(-c2cccs2)sc1-c1ccc(-c2sc(-c3ccc(I)s3)cc2CCN)s1. The quantitative estimate of drug-likeness (QED) is 0.171. The Morgan fingerprint density at radius 1 is 0.625 bits per heavy atom. The van der Waals surface area contributed by atoms with Gasteiger partial charge in [0.15, 0.2) is 0 Å². The van der Waals surface area contributed by atoms with Crippen LogP contribution in [0.3, 0.4) is 0 Å². The smallest absolute Gasteiger partial charge is 0.0660 e. The lowest BCUT2D eigenvalue weighted by molar-refractivity contribution is 0.976. The first-order chi connectivity index (χ1) is 15.7. The summed E-state index contributed by atoms with van der Waals surface area (Å²) in [5, 5.41) is 2.14. The monoisotopic (exact) mass is 624 g/mol. The maximum Gasteiger partial charge on any atom is 0.0660 e. The molecule has 5 rings (SSSR count). The van der Waals surface area contributed by atoms with Crippen LogP contribution in [0.4, 0.5) is 0 Å². The van der Waals surface area contributed by atoms with Gasteiger partial charge in [-0.15, -0.1) is 56.7 Å². The molecule has 0 atom stereocenters. The second kappa shape index (κ2) is 10.2. The van der Waals surface area contributed by atoms with E-state index in [1.165, 1.54) is 53.0 Å². The van der Waals surface area contributed by atoms with E-state index in [0.29, 0.717) is 13.1 Å². The van der Waals surface area contributed by atoms with E-state index >= 15 is 0 Å². The third-order valence-electron chi connectivity index (χ3n) is 5.08. The number of nitrogens with two attached hydrogens (primary N) is 2. The van der Waals surface area contributed by atoms with Crippen molar-refractivity contribution in [2.45, 2.75) is 12.8 Å². The molecule has 4 N–H and O–H groups in total. The summed E-state index contributed by atoms with van der Waals surface area (Å²) in [5.74, 6) is 0. The van der Waals surface area contributed by atoms with Crippen LogP contribution < -0.4 is 11.5 Å². The van der Waals surface area contributed by atoms with Gasteiger partial charge in [-0.25, -0.2) is 0 Å². The predicted octanol–water partition coefficient (Wildman–Crippen LogP) is 8.27. The zero-order valence-electron chi connectivity index (χ0n) is 17.1. The van der Waals surface area contributed by atoms with Gasteiger partial charge in [-0.05, 0) is 107 Å². The average molecular weight is 625 g/mol. The molecule has 0 radical (unpaired) electrons. The highest BCUT2D eigenvalue weighted by atomic mass is 127. The Morgan fingerprint density at radius 3 is 1.72 bits per heavy atom. The van der Waals surface area contributed by atoms with Crippen LogP contribution in [0.15, 0.2) is 53.9 Å². The van der Waals surface area contributed by atoms with Crippen molar-refractivity contribution in [1.29, 1.82) is 0 Å². The molecule has 0 spiro atoms. The Hall–Kier alpha value is -0.850. The van der Waals surface area contributed by atoms with Crippen molar-refractivity contribution < 1.29 is 0 Å². The highest BCUT2D eigenvalue weighted by molar-refractivity contribution is 14.1. The largest absolute Gasteiger partial charge is 0.330 e. The first kappa shape index (κ1) is 22.9. The molecule has 0 amide bonds. The number of rotatable bonds is 8. The molecule has 0 bridgehead atoms. The first-order valence-electron chi connectivity index (χ1n) is 10.2. The van der Waals surface area contributed by atoms with Crippen molar-refractivity contribution in [3.05, 3.63) is 67.9 Å². The van der Waals surface area contributed by atoms with Gasteiger partial charge in [-0.3, -0.25) is 0 Å². The van der Waals surface area contributed by atoms with E-state index in [2.05, 4.69) is 76.5 Å². The Morgan fingerprint density at radius 2 is 1.22 bits per heavy atom. The van der Waals surface area contributed by atoms with Gasteiger partial charge < -0.3 is 11.5 Å². The van der Waals surface area contributed by atoms with E-state index < -0.39 is 0 Å². The van der Waals surface area contributed by atoms with Crippen LogP contribution in [0.5, 0.6) is 0 Å². The molecular formula is C24H21IN2S5. The van der Waals surface area contributed by atoms with Crippen molar-refractivity contribution in [2.75, 3.05) is 13.1 Å². The lowest BCUT2D eigenvalue weighted by atomic mass is 10.1. The van der Waals surface area contributed by atoms with Crippen LogP contribution in [-0.2, 0) is 12.8 Å². The fraction of sp³-hybridized carbons (Fsp3) is 0.167. The zero-order valence-corrected chi connectivity index (χ0v) is 23.3. The third-order valence-corrected chi connectivity index (χ3v) is 12.0. The van der Waals surface area contributed by atoms with Crippen LogP contribution in [0.1, 0.15) is 11.1 Å². The topological polar surface area (TPSA) is 52.0 Å². The van der Waals surface area contributed by atoms with Gasteiger partial charge >= 0.3 is 0 Å². The second-order valence-corrected chi connectivity index (χ2v) is 14.4. The average Bonchev–Trinajstić information content (AvgIpc) is 3.57. The minimum atomic E-state index is 0.666. The predicted molar refractivity (Wildman–Crippen MR) is 156 cm³/mol. The Bertz CT molecular complexity index is 1320. The number of hydrogen-bond acceptors (Lipinski definition) is 7. The molecule has 164 valence electrons. The summed E-state index contributed by atoms with van der Waals surface area (Å²) in [6.45, 7) is 1.33. The van der Waals surface area contributed by atoms with Crippen molar-refractivity contribution in [3.8, 4) is 39.0 Å². The molecule has 5 heterocycles. The van der Waals surface area contributed by atoms with Crippen molar-refractivity contribution in [3.63, 3.8) is 0 Å². The van der Waals surface area contributed by atoms with Crippen molar-refractivity contribution in [1.82, 2.24) is 0 Å². The van der Waals surface area contributed by atoms with Crippen LogP contribution in [0.2, 0.25) is 0 Å². The van der Waals surface area contributed by atoms with Gasteiger partial charge in [0.1, 0.15) is 0 Å². The molecule has 0 unspecified atom stereocenters. The van der Waals surface area contributed by atoms with Gasteiger partial charge in [0.25, 0.3) is 0 Å². The summed E-state index contributed by atoms with van der Waals surface area (Å²) in [5.41, 5.74) is 14.6. The lowest BCUT2D eigenvalue weighted by Gasteiger charge is -2.00. The molecule has 8 heteroatoms. The standard InChI is InChI=1S/C24H21IN2S5/c25-22-6-5-17(30-22)21-13-15(8-10-27)24(32-21)19-4-3-18(29-19)23-14(7-9-26)12-20(31-23)16-2-1-11-28-16/h1-6,11-13H,7-10,26-27H2. The number of hydrogen-bond donors (Lipinski definition) is 2. The lowest BCUT2D eigenvalue weighted by Crippen LogP contribution is -2.02. The maximum absolute atomic E-state index is 5.96. The highest BCUT2D eigenvalue weighted by Crippen LogP contribution is 2.47. The van der Waals surface area contributed by atoms with E-state index in [0.717, 1.165) is 12.8 Å². The van der Waals surface area contributed by atoms with E-state index in [1.807, 2.05) is 45.3 Å². The van der Waals surface area contributed by atoms with Crippen molar-refractivity contribution >= 4 is 79.3 Å². The van der Waals surface area contributed by atoms with E-state index in [-0.39, 0.29) is 0 Å². The van der Waals surface area contributed by atoms with Crippen molar-refractivity contribution in [2.24, 2.45) is 11.5 Å². The molecule has 0 saturated heterocycles. The Kier molecular flexibility index (Phi) is 7.30. The molecular weight excluding hydrogens is 604 g/mol. The molecule has 5 aromatic heterocycles. The van der Waals surface area contributed by atoms with Gasteiger partial charge in [-0.2, -0.15) is 0 Å². The van der Waals surface area contributed by atoms with E-state index in [1.54, 1.807) is 11.3 Å². The molecule has 5 aromatic rings. The summed E-state index contributed by atoms with van der Waals surface area (Å²) in [6, 6.07) is 18.0. The molecule has 2 nitrogen and oxygen atoms in total. The Labute approximate surface area is 221 Å². The second-order valence-electron chi connectivity index (χ2n) is 7.25. The Balaban J connectivity index is 1.53. The van der Waals surface area contributed by atoms with Crippen LogP contribution in [0.25, 0.3) is 39.0 Å². The van der Waals surface area contributed by atoms with E-state index in [4.69, 9.17) is 11.5 Å². The number of halogens is 1. The summed E-state index contributed by atoms with van der Waals surface area (Å²) in [7, 11) is 0. The molecule has 0 fully saturated rings. The fourth-order valence-electron chi connectivity index (χ4n) is 3.65. The van der Waals surface area contributed by atoms with E-state index in [9.17, 15) is 0 Å². The summed E-state index contributed by atoms with van der Waals surface area (Å²) >= 11 is 11.7. The maximum atomic E-state index is 5.96. The third kappa shape index (κ3) is 4.69. The van der Waals surface area contributed by atoms with Crippen LogP contribution >= 0.6 is 79.3 Å². The zero-order chi connectivity index (χ0) is 22.1. The van der Waals surface area contributed by atoms with Gasteiger partial charge in [0.2, 0.25) is 0 Å². The van der Waals surface area contributed by atoms with Gasteiger partial charge in [0, 0.05) is 39.0 Å². The molecule has 0 saturated carbocycles. The fourth-order valence-corrected chi connectivity index (χ4v) is 9.89. The number of thiophene rings is 5. The van der Waals surface area contributed by atoms with Crippen LogP contribution in [0, 0.1) is 2.88 Å². The van der Waals surface area contributed by atoms with Crippen LogP contribution in [-0.4, -0.2) is 13.1 Å². The first-order valence-corrected chi connectivity index (χ1v) is 15.4. The normalized spacial score (nSPS) is 11.5. The summed E-state index contributed by atoms with van der Waals surface area (Å²) < 4.78 is 1.32. The molecule has 0 aromatic carbocycles. The minimum absolute atomic E-state index is 0.666. The minimum Gasteiger partial charge on any atom is -0.330 e. The molecule has 0 aliphatic rings. The molecule has 0 aliphatic heterocycles.